The number of hydrogen-bond donors (Lipinski definition) is 5. The lowest BCUT2D eigenvalue weighted by Crippen LogP contribution is -2.28. The Bertz CT molecular complexity index is 1380. The van der Waals surface area contributed by atoms with Crippen LogP contribution in [0.2, 0.25) is 0 Å². The lowest BCUT2D eigenvalue weighted by Gasteiger charge is -2.39. The fourth-order valence-corrected chi connectivity index (χ4v) is 5.87. The Morgan fingerprint density at radius 1 is 0.833 bits per heavy atom. The molecule has 1 aliphatic carbocycles. The summed E-state index contributed by atoms with van der Waals surface area (Å²) >= 11 is 0. The maximum Gasteiger partial charge on any atom is 0.200 e. The first-order valence-corrected chi connectivity index (χ1v) is 11.7. The van der Waals surface area contributed by atoms with Crippen molar-refractivity contribution < 1.29 is 39.4 Å². The third-order valence-corrected chi connectivity index (χ3v) is 7.54. The first-order chi connectivity index (χ1) is 17.4. The van der Waals surface area contributed by atoms with E-state index in [-0.39, 0.29) is 29.6 Å². The van der Waals surface area contributed by atoms with Crippen LogP contribution in [0.3, 0.4) is 0 Å². The number of aliphatic hydroxyl groups excluding tert-OH is 2. The average Bonchev–Trinajstić information content (AvgIpc) is 2.87. The molecule has 0 saturated heterocycles. The number of phenols is 2. The molecule has 36 heavy (non-hydrogen) atoms. The van der Waals surface area contributed by atoms with Gasteiger partial charge in [0.25, 0.3) is 0 Å². The summed E-state index contributed by atoms with van der Waals surface area (Å²) in [5, 5.41) is 46.6. The fourth-order valence-electron chi connectivity index (χ4n) is 5.87. The van der Waals surface area contributed by atoms with E-state index >= 15 is 0 Å². The van der Waals surface area contributed by atoms with Gasteiger partial charge in [-0.25, -0.2) is 0 Å². The van der Waals surface area contributed by atoms with Gasteiger partial charge in [0, 0.05) is 46.0 Å². The van der Waals surface area contributed by atoms with Crippen LogP contribution in [-0.4, -0.2) is 48.4 Å². The largest absolute Gasteiger partial charge is 0.507 e. The van der Waals surface area contributed by atoms with Crippen LogP contribution in [0.4, 0.5) is 5.69 Å². The molecule has 0 spiro atoms. The standard InChI is InChI=1S/C27H27NO8/c1-33-17-9-16(29)24-23-12(17)4-5-13-21(23)15(28-27(24)32)8-18-22(13)25(30)14(10-36-18)11-6-19(34-2)26(31)20(7-11)35-3/h6-9,14,25,27-32H,4-5,10H2,1-3H3. The molecule has 0 saturated carbocycles. The summed E-state index contributed by atoms with van der Waals surface area (Å²) in [6, 6.07) is 6.69. The maximum absolute atomic E-state index is 11.7. The van der Waals surface area contributed by atoms with Gasteiger partial charge in [0.05, 0.1) is 39.6 Å². The van der Waals surface area contributed by atoms with Gasteiger partial charge in [-0.3, -0.25) is 0 Å². The predicted molar refractivity (Wildman–Crippen MR) is 130 cm³/mol. The highest BCUT2D eigenvalue weighted by molar-refractivity contribution is 5.93. The molecule has 0 amide bonds. The molecule has 6 rings (SSSR count). The zero-order chi connectivity index (χ0) is 25.3. The van der Waals surface area contributed by atoms with E-state index in [9.17, 15) is 20.4 Å². The van der Waals surface area contributed by atoms with Gasteiger partial charge in [0.15, 0.2) is 17.7 Å². The molecule has 0 bridgehead atoms. The molecular formula is C27H27NO8. The van der Waals surface area contributed by atoms with E-state index in [0.29, 0.717) is 46.7 Å². The number of fused-ring (bicyclic) bond motifs is 2. The van der Waals surface area contributed by atoms with Crippen LogP contribution < -0.4 is 24.3 Å². The number of aromatic hydroxyl groups is 2. The SMILES string of the molecule is COc1cc(C2COc3cc4c5c(c3C2O)CCc2c(OC)cc(O)c(c2-5)C(O)N4)cc(OC)c1O. The Hall–Kier alpha value is -3.82. The highest BCUT2D eigenvalue weighted by Crippen LogP contribution is 2.57. The third-order valence-electron chi connectivity index (χ3n) is 7.54. The molecule has 0 radical (unpaired) electrons. The van der Waals surface area contributed by atoms with Crippen LogP contribution in [0.15, 0.2) is 24.3 Å². The smallest absolute Gasteiger partial charge is 0.200 e. The fraction of sp³-hybridized carbons (Fsp3) is 0.333. The maximum atomic E-state index is 11.7. The molecule has 188 valence electrons. The van der Waals surface area contributed by atoms with Crippen LogP contribution in [0.25, 0.3) is 11.1 Å². The number of phenolic OH excluding ortho intramolecular Hbond substituents is 2. The van der Waals surface area contributed by atoms with Gasteiger partial charge >= 0.3 is 0 Å². The predicted octanol–water partition coefficient (Wildman–Crippen LogP) is 3.52. The van der Waals surface area contributed by atoms with E-state index in [4.69, 9.17) is 18.9 Å². The molecule has 9 heteroatoms. The minimum Gasteiger partial charge on any atom is -0.507 e. The summed E-state index contributed by atoms with van der Waals surface area (Å²) in [5.41, 5.74) is 5.83. The molecule has 3 aromatic rings. The van der Waals surface area contributed by atoms with E-state index in [2.05, 4.69) is 5.32 Å². The van der Waals surface area contributed by atoms with Gasteiger partial charge in [-0.2, -0.15) is 0 Å². The van der Waals surface area contributed by atoms with Crippen LogP contribution in [0.1, 0.15) is 46.1 Å². The summed E-state index contributed by atoms with van der Waals surface area (Å²) in [7, 11) is 4.47. The van der Waals surface area contributed by atoms with Crippen molar-refractivity contribution in [2.75, 3.05) is 33.3 Å². The Kier molecular flexibility index (Phi) is 5.10. The number of ether oxygens (including phenoxy) is 4. The Balaban J connectivity index is 1.53. The highest BCUT2D eigenvalue weighted by Gasteiger charge is 2.41. The normalized spacial score (nSPS) is 21.0. The van der Waals surface area contributed by atoms with E-state index in [1.807, 2.05) is 0 Å². The quantitative estimate of drug-likeness (QED) is 0.371. The zero-order valence-corrected chi connectivity index (χ0v) is 20.1. The van der Waals surface area contributed by atoms with Crippen LogP contribution in [0, 0.1) is 0 Å². The molecule has 2 heterocycles. The van der Waals surface area contributed by atoms with E-state index in [1.165, 1.54) is 20.3 Å². The molecule has 0 fully saturated rings. The number of benzene rings is 3. The van der Waals surface area contributed by atoms with Crippen molar-refractivity contribution in [3.63, 3.8) is 0 Å². The molecular weight excluding hydrogens is 466 g/mol. The third kappa shape index (κ3) is 3.02. The first kappa shape index (κ1) is 22.6. The lowest BCUT2D eigenvalue weighted by atomic mass is 9.74. The lowest BCUT2D eigenvalue weighted by molar-refractivity contribution is 0.0878. The Morgan fingerprint density at radius 2 is 1.50 bits per heavy atom. The monoisotopic (exact) mass is 493 g/mol. The first-order valence-electron chi connectivity index (χ1n) is 11.7. The van der Waals surface area contributed by atoms with Gasteiger partial charge in [-0.1, -0.05) is 0 Å². The number of methoxy groups -OCH3 is 3. The summed E-state index contributed by atoms with van der Waals surface area (Å²) in [6.07, 6.45) is -0.783. The molecule has 3 unspecified atom stereocenters. The second kappa shape index (κ2) is 8.11. The minimum atomic E-state index is -1.10. The zero-order valence-electron chi connectivity index (χ0n) is 20.1. The number of aliphatic hydroxyl groups is 2. The Morgan fingerprint density at radius 3 is 2.17 bits per heavy atom. The second-order valence-corrected chi connectivity index (χ2v) is 9.24. The van der Waals surface area contributed by atoms with Crippen LogP contribution in [-0.2, 0) is 12.8 Å². The van der Waals surface area contributed by atoms with Gasteiger partial charge in [0.1, 0.15) is 17.2 Å². The molecule has 3 atom stereocenters. The molecule has 3 aliphatic rings. The topological polar surface area (TPSA) is 130 Å². The van der Waals surface area contributed by atoms with E-state index in [1.54, 1.807) is 25.3 Å². The van der Waals surface area contributed by atoms with Gasteiger partial charge in [-0.15, -0.1) is 0 Å². The number of rotatable bonds is 4. The van der Waals surface area contributed by atoms with Crippen molar-refractivity contribution in [2.24, 2.45) is 0 Å². The van der Waals surface area contributed by atoms with Gasteiger partial charge < -0.3 is 44.7 Å². The molecule has 9 nitrogen and oxygen atoms in total. The van der Waals surface area contributed by atoms with E-state index in [0.717, 1.165) is 22.3 Å². The van der Waals surface area contributed by atoms with Crippen molar-refractivity contribution in [3.8, 4) is 45.6 Å². The summed E-state index contributed by atoms with van der Waals surface area (Å²) < 4.78 is 22.3. The number of anilines is 1. The van der Waals surface area contributed by atoms with Crippen molar-refractivity contribution in [1.29, 1.82) is 0 Å². The molecule has 5 N–H and O–H groups in total. The second-order valence-electron chi connectivity index (χ2n) is 9.24. The van der Waals surface area contributed by atoms with Crippen molar-refractivity contribution in [3.05, 3.63) is 52.1 Å². The summed E-state index contributed by atoms with van der Waals surface area (Å²) in [6.45, 7) is 0.197. The van der Waals surface area contributed by atoms with E-state index < -0.39 is 18.2 Å². The summed E-state index contributed by atoms with van der Waals surface area (Å²) in [5.74, 6) is 0.984. The van der Waals surface area contributed by atoms with Crippen molar-refractivity contribution in [2.45, 2.75) is 31.1 Å². The highest BCUT2D eigenvalue weighted by atomic mass is 16.5. The van der Waals surface area contributed by atoms with Crippen LogP contribution in [0.5, 0.6) is 34.5 Å². The van der Waals surface area contributed by atoms with Crippen molar-refractivity contribution in [1.82, 2.24) is 0 Å². The van der Waals surface area contributed by atoms with Gasteiger partial charge in [-0.05, 0) is 36.1 Å². The number of nitrogens with one attached hydrogen (secondary N) is 1. The van der Waals surface area contributed by atoms with Crippen molar-refractivity contribution >= 4 is 5.69 Å². The Labute approximate surface area is 207 Å². The summed E-state index contributed by atoms with van der Waals surface area (Å²) in [4.78, 5) is 0. The van der Waals surface area contributed by atoms with Crippen LogP contribution >= 0.6 is 0 Å². The molecule has 2 aliphatic heterocycles. The number of hydrogen-bond acceptors (Lipinski definition) is 9. The molecule has 0 aromatic heterocycles. The minimum absolute atomic E-state index is 0.0558. The van der Waals surface area contributed by atoms with Gasteiger partial charge in [0.2, 0.25) is 5.75 Å². The average molecular weight is 494 g/mol. The molecule has 3 aromatic carbocycles.